The first-order valence-electron chi connectivity index (χ1n) is 10.9. The minimum absolute atomic E-state index is 0.851. The molecule has 0 saturated carbocycles. The van der Waals surface area contributed by atoms with Gasteiger partial charge in [-0.15, -0.1) is 0 Å². The quantitative estimate of drug-likeness (QED) is 0.466. The van der Waals surface area contributed by atoms with E-state index >= 15 is 0 Å². The Balaban J connectivity index is 1.67. The minimum atomic E-state index is 0.851. The maximum Gasteiger partial charge on any atom is 0.0223 e. The van der Waals surface area contributed by atoms with Crippen molar-refractivity contribution in [3.05, 3.63) is 0 Å². The lowest BCUT2D eigenvalue weighted by Crippen LogP contribution is -2.47. The highest BCUT2D eigenvalue weighted by Gasteiger charge is 2.23. The summed E-state index contributed by atoms with van der Waals surface area (Å²) in [7, 11) is 0. The van der Waals surface area contributed by atoms with E-state index in [1.807, 2.05) is 0 Å². The molecule has 0 N–H and O–H groups in total. The Morgan fingerprint density at radius 3 is 1.87 bits per heavy atom. The van der Waals surface area contributed by atoms with E-state index in [-0.39, 0.29) is 0 Å². The van der Waals surface area contributed by atoms with Crippen LogP contribution in [0, 0.1) is 0 Å². The zero-order valence-corrected chi connectivity index (χ0v) is 15.9. The van der Waals surface area contributed by atoms with Crippen molar-refractivity contribution in [2.75, 3.05) is 32.7 Å². The Bertz CT molecular complexity index is 267. The molecule has 2 aliphatic heterocycles. The number of rotatable bonds is 11. The number of hydrogen-bond acceptors (Lipinski definition) is 2. The smallest absolute Gasteiger partial charge is 0.0223 e. The van der Waals surface area contributed by atoms with E-state index in [1.165, 1.54) is 123 Å². The molecule has 23 heavy (non-hydrogen) atoms. The van der Waals surface area contributed by atoms with Crippen molar-refractivity contribution in [1.82, 2.24) is 9.80 Å². The lowest BCUT2D eigenvalue weighted by atomic mass is 10.0. The van der Waals surface area contributed by atoms with Gasteiger partial charge >= 0.3 is 0 Å². The van der Waals surface area contributed by atoms with Crippen molar-refractivity contribution in [3.8, 4) is 0 Å². The maximum atomic E-state index is 2.84. The molecule has 0 radical (unpaired) electrons. The Morgan fingerprint density at radius 1 is 0.652 bits per heavy atom. The van der Waals surface area contributed by atoms with Crippen molar-refractivity contribution in [1.29, 1.82) is 0 Å². The average molecular weight is 323 g/mol. The van der Waals surface area contributed by atoms with Gasteiger partial charge in [-0.2, -0.15) is 0 Å². The molecular weight excluding hydrogens is 280 g/mol. The largest absolute Gasteiger partial charge is 0.302 e. The van der Waals surface area contributed by atoms with Gasteiger partial charge in [0.1, 0.15) is 0 Å². The number of unbranched alkanes of at least 4 members (excludes halogenated alkanes) is 6. The third-order valence-electron chi connectivity index (χ3n) is 5.97. The Labute approximate surface area is 146 Å². The molecule has 1 unspecified atom stereocenters. The van der Waals surface area contributed by atoms with Crippen LogP contribution in [0.3, 0.4) is 0 Å². The molecular formula is C21H42N2. The lowest BCUT2D eigenvalue weighted by Gasteiger charge is -2.39. The number of likely N-dealkylation sites (tertiary alicyclic amines) is 2. The van der Waals surface area contributed by atoms with Crippen LogP contribution >= 0.6 is 0 Å². The van der Waals surface area contributed by atoms with Crippen LogP contribution in [-0.4, -0.2) is 48.6 Å². The van der Waals surface area contributed by atoms with Crippen molar-refractivity contribution >= 4 is 0 Å². The summed E-state index contributed by atoms with van der Waals surface area (Å²) in [5.41, 5.74) is 0. The van der Waals surface area contributed by atoms with Gasteiger partial charge in [-0.25, -0.2) is 0 Å². The van der Waals surface area contributed by atoms with E-state index in [9.17, 15) is 0 Å². The minimum Gasteiger partial charge on any atom is -0.302 e. The second kappa shape index (κ2) is 12.3. The van der Waals surface area contributed by atoms with Crippen LogP contribution in [0.5, 0.6) is 0 Å². The molecule has 2 rings (SSSR count). The van der Waals surface area contributed by atoms with Crippen LogP contribution in [0.4, 0.5) is 0 Å². The summed E-state index contributed by atoms with van der Waals surface area (Å²) in [5.74, 6) is 0. The van der Waals surface area contributed by atoms with E-state index in [4.69, 9.17) is 0 Å². The van der Waals surface area contributed by atoms with Crippen LogP contribution < -0.4 is 0 Å². The van der Waals surface area contributed by atoms with Crippen LogP contribution in [0.25, 0.3) is 0 Å². The monoisotopic (exact) mass is 322 g/mol. The Kier molecular flexibility index (Phi) is 10.3. The Hall–Kier alpha value is -0.0800. The Morgan fingerprint density at radius 2 is 1.22 bits per heavy atom. The molecule has 2 aliphatic rings. The van der Waals surface area contributed by atoms with Gasteiger partial charge in [-0.05, 0) is 58.3 Å². The molecule has 0 bridgehead atoms. The molecule has 0 amide bonds. The molecule has 2 nitrogen and oxygen atoms in total. The SMILES string of the molecule is CCCCCCCCCC(CN1CCCCC1)N1CCCCC1. The van der Waals surface area contributed by atoms with Gasteiger partial charge in [0.2, 0.25) is 0 Å². The highest BCUT2D eigenvalue weighted by Crippen LogP contribution is 2.20. The maximum absolute atomic E-state index is 2.84. The summed E-state index contributed by atoms with van der Waals surface area (Å²) < 4.78 is 0. The van der Waals surface area contributed by atoms with Crippen LogP contribution in [-0.2, 0) is 0 Å². The molecule has 2 heterocycles. The standard InChI is InChI=1S/C21H42N2/c1-2-3-4-5-6-7-10-15-21(23-18-13-9-14-19-23)20-22-16-11-8-12-17-22/h21H,2-20H2,1H3. The predicted molar refractivity (Wildman–Crippen MR) is 102 cm³/mol. The van der Waals surface area contributed by atoms with E-state index in [0.717, 1.165) is 6.04 Å². The van der Waals surface area contributed by atoms with E-state index < -0.39 is 0 Å². The zero-order valence-electron chi connectivity index (χ0n) is 15.9. The third-order valence-corrected chi connectivity index (χ3v) is 5.97. The molecule has 2 fully saturated rings. The molecule has 0 aliphatic carbocycles. The summed E-state index contributed by atoms with van der Waals surface area (Å²) >= 11 is 0. The van der Waals surface area contributed by atoms with Gasteiger partial charge in [0.15, 0.2) is 0 Å². The summed E-state index contributed by atoms with van der Waals surface area (Å²) in [6.45, 7) is 9.13. The van der Waals surface area contributed by atoms with Gasteiger partial charge < -0.3 is 4.90 Å². The van der Waals surface area contributed by atoms with Gasteiger partial charge in [0.05, 0.1) is 0 Å². The van der Waals surface area contributed by atoms with Gasteiger partial charge in [-0.1, -0.05) is 64.7 Å². The van der Waals surface area contributed by atoms with Crippen molar-refractivity contribution < 1.29 is 0 Å². The fourth-order valence-electron chi connectivity index (χ4n) is 4.45. The van der Waals surface area contributed by atoms with Gasteiger partial charge in [0, 0.05) is 12.6 Å². The molecule has 0 aromatic heterocycles. The summed E-state index contributed by atoms with van der Waals surface area (Å²) in [6.07, 6.45) is 20.2. The highest BCUT2D eigenvalue weighted by atomic mass is 15.2. The average Bonchev–Trinajstić information content (AvgIpc) is 2.61. The normalized spacial score (nSPS) is 22.3. The summed E-state index contributed by atoms with van der Waals surface area (Å²) in [6, 6.07) is 0.851. The first-order valence-corrected chi connectivity index (χ1v) is 10.9. The predicted octanol–water partition coefficient (Wildman–Crippen LogP) is 5.47. The molecule has 136 valence electrons. The second-order valence-corrected chi connectivity index (χ2v) is 8.02. The molecule has 2 saturated heterocycles. The van der Waals surface area contributed by atoms with E-state index in [1.54, 1.807) is 0 Å². The van der Waals surface area contributed by atoms with E-state index in [2.05, 4.69) is 16.7 Å². The molecule has 0 aromatic carbocycles. The summed E-state index contributed by atoms with van der Waals surface area (Å²) in [5, 5.41) is 0. The number of nitrogens with zero attached hydrogens (tertiary/aromatic N) is 2. The number of hydrogen-bond donors (Lipinski definition) is 0. The third kappa shape index (κ3) is 8.03. The van der Waals surface area contributed by atoms with Crippen molar-refractivity contribution in [2.24, 2.45) is 0 Å². The van der Waals surface area contributed by atoms with Gasteiger partial charge in [0.25, 0.3) is 0 Å². The highest BCUT2D eigenvalue weighted by molar-refractivity contribution is 4.79. The fraction of sp³-hybridized carbons (Fsp3) is 1.00. The van der Waals surface area contributed by atoms with Gasteiger partial charge in [-0.3, -0.25) is 4.90 Å². The zero-order chi connectivity index (χ0) is 16.2. The van der Waals surface area contributed by atoms with Crippen molar-refractivity contribution in [3.63, 3.8) is 0 Å². The summed E-state index contributed by atoms with van der Waals surface area (Å²) in [4.78, 5) is 5.61. The molecule has 0 spiro atoms. The first-order chi connectivity index (χ1) is 11.4. The van der Waals surface area contributed by atoms with Crippen molar-refractivity contribution in [2.45, 2.75) is 103 Å². The number of piperidine rings is 2. The first kappa shape index (κ1) is 19.2. The molecule has 0 aromatic rings. The fourth-order valence-corrected chi connectivity index (χ4v) is 4.45. The second-order valence-electron chi connectivity index (χ2n) is 8.02. The van der Waals surface area contributed by atoms with Crippen LogP contribution in [0.2, 0.25) is 0 Å². The topological polar surface area (TPSA) is 6.48 Å². The van der Waals surface area contributed by atoms with Crippen LogP contribution in [0.15, 0.2) is 0 Å². The van der Waals surface area contributed by atoms with E-state index in [0.29, 0.717) is 0 Å². The van der Waals surface area contributed by atoms with Crippen LogP contribution in [0.1, 0.15) is 96.8 Å². The molecule has 2 heteroatoms. The lowest BCUT2D eigenvalue weighted by molar-refractivity contribution is 0.101. The molecule has 1 atom stereocenters.